The van der Waals surface area contributed by atoms with Crippen LogP contribution >= 0.6 is 11.3 Å². The molecule has 0 aliphatic rings. The Kier molecular flexibility index (Phi) is 2.51. The molecule has 2 aromatic heterocycles. The normalized spacial score (nSPS) is 10.5. The van der Waals surface area contributed by atoms with Crippen molar-refractivity contribution in [2.24, 2.45) is 0 Å². The standard InChI is InChI=1S/C9H9N3O2S/c1-12(4-7(13)14)9-8-6(2-3-15-8)10-5-11-9/h2-3,5H,4H2,1H3,(H,13,14). The summed E-state index contributed by atoms with van der Waals surface area (Å²) in [6.07, 6.45) is 1.45. The van der Waals surface area contributed by atoms with Gasteiger partial charge in [0.1, 0.15) is 18.7 Å². The van der Waals surface area contributed by atoms with Crippen LogP contribution in [0.15, 0.2) is 17.8 Å². The fourth-order valence-electron chi connectivity index (χ4n) is 1.33. The Morgan fingerprint density at radius 3 is 3.13 bits per heavy atom. The van der Waals surface area contributed by atoms with Gasteiger partial charge >= 0.3 is 5.97 Å². The SMILES string of the molecule is CN(CC(=O)O)c1ncnc2ccsc12. The minimum atomic E-state index is -0.874. The number of carboxylic acids is 1. The van der Waals surface area contributed by atoms with Gasteiger partial charge < -0.3 is 10.0 Å². The molecule has 0 bridgehead atoms. The molecule has 2 rings (SSSR count). The zero-order chi connectivity index (χ0) is 10.8. The van der Waals surface area contributed by atoms with Crippen molar-refractivity contribution in [3.8, 4) is 0 Å². The lowest BCUT2D eigenvalue weighted by Gasteiger charge is -2.15. The van der Waals surface area contributed by atoms with Gasteiger partial charge in [0.05, 0.1) is 10.2 Å². The second-order valence-electron chi connectivity index (χ2n) is 3.08. The predicted octanol–water partition coefficient (Wildman–Crippen LogP) is 1.21. The lowest BCUT2D eigenvalue weighted by atomic mass is 10.4. The van der Waals surface area contributed by atoms with Crippen LogP contribution in [-0.2, 0) is 4.79 Å². The van der Waals surface area contributed by atoms with E-state index in [2.05, 4.69) is 9.97 Å². The summed E-state index contributed by atoms with van der Waals surface area (Å²) in [4.78, 5) is 20.4. The molecule has 0 aliphatic carbocycles. The van der Waals surface area contributed by atoms with Crippen LogP contribution in [0.4, 0.5) is 5.82 Å². The highest BCUT2D eigenvalue weighted by Crippen LogP contribution is 2.26. The van der Waals surface area contributed by atoms with Gasteiger partial charge in [0.25, 0.3) is 0 Å². The Hall–Kier alpha value is -1.69. The van der Waals surface area contributed by atoms with E-state index in [0.29, 0.717) is 5.82 Å². The Bertz CT molecular complexity index is 497. The van der Waals surface area contributed by atoms with E-state index in [1.165, 1.54) is 17.7 Å². The number of nitrogens with zero attached hydrogens (tertiary/aromatic N) is 3. The van der Waals surface area contributed by atoms with Gasteiger partial charge in [0, 0.05) is 7.05 Å². The van der Waals surface area contributed by atoms with E-state index in [1.807, 2.05) is 11.4 Å². The number of likely N-dealkylation sites (N-methyl/N-ethyl adjacent to an activating group) is 1. The summed E-state index contributed by atoms with van der Waals surface area (Å²) in [5, 5.41) is 10.6. The summed E-state index contributed by atoms with van der Waals surface area (Å²) < 4.78 is 0.918. The van der Waals surface area contributed by atoms with Crippen molar-refractivity contribution < 1.29 is 9.90 Å². The molecule has 0 atom stereocenters. The number of aromatic nitrogens is 2. The first-order valence-electron chi connectivity index (χ1n) is 4.29. The van der Waals surface area contributed by atoms with Crippen LogP contribution in [0.2, 0.25) is 0 Å². The molecule has 0 saturated heterocycles. The van der Waals surface area contributed by atoms with E-state index in [9.17, 15) is 4.79 Å². The maximum Gasteiger partial charge on any atom is 0.323 e. The molecular weight excluding hydrogens is 214 g/mol. The molecule has 5 nitrogen and oxygen atoms in total. The van der Waals surface area contributed by atoms with E-state index in [1.54, 1.807) is 11.9 Å². The van der Waals surface area contributed by atoms with Crippen LogP contribution in [0.1, 0.15) is 0 Å². The first-order valence-corrected chi connectivity index (χ1v) is 5.17. The third-order valence-electron chi connectivity index (χ3n) is 1.96. The number of carboxylic acid groups (broad SMARTS) is 1. The average Bonchev–Trinajstić information content (AvgIpc) is 2.63. The fraction of sp³-hybridized carbons (Fsp3) is 0.222. The van der Waals surface area contributed by atoms with Crippen LogP contribution in [-0.4, -0.2) is 34.6 Å². The van der Waals surface area contributed by atoms with Gasteiger partial charge in [0.15, 0.2) is 0 Å². The summed E-state index contributed by atoms with van der Waals surface area (Å²) in [6, 6.07) is 1.89. The average molecular weight is 223 g/mol. The van der Waals surface area contributed by atoms with Crippen LogP contribution in [0.25, 0.3) is 10.2 Å². The van der Waals surface area contributed by atoms with Gasteiger partial charge in [-0.2, -0.15) is 0 Å². The largest absolute Gasteiger partial charge is 0.480 e. The van der Waals surface area contributed by atoms with Crippen molar-refractivity contribution in [3.05, 3.63) is 17.8 Å². The quantitative estimate of drug-likeness (QED) is 0.847. The number of aliphatic carboxylic acids is 1. The molecule has 6 heteroatoms. The molecule has 0 unspecified atom stereocenters. The summed E-state index contributed by atoms with van der Waals surface area (Å²) in [6.45, 7) is -0.0655. The van der Waals surface area contributed by atoms with Crippen molar-refractivity contribution in [3.63, 3.8) is 0 Å². The molecule has 0 saturated carbocycles. The van der Waals surface area contributed by atoms with Gasteiger partial charge in [-0.25, -0.2) is 9.97 Å². The molecule has 1 N–H and O–H groups in total. The van der Waals surface area contributed by atoms with Gasteiger partial charge in [-0.3, -0.25) is 4.79 Å². The number of anilines is 1. The predicted molar refractivity (Wildman–Crippen MR) is 58.3 cm³/mol. The fourth-order valence-corrected chi connectivity index (χ4v) is 2.21. The number of hydrogen-bond donors (Lipinski definition) is 1. The Balaban J connectivity index is 2.42. The van der Waals surface area contributed by atoms with Crippen molar-refractivity contribution in [1.82, 2.24) is 9.97 Å². The van der Waals surface area contributed by atoms with Gasteiger partial charge in [-0.05, 0) is 11.4 Å². The molecule has 0 fully saturated rings. The van der Waals surface area contributed by atoms with E-state index in [4.69, 9.17) is 5.11 Å². The molecule has 2 aromatic rings. The third kappa shape index (κ3) is 1.89. The van der Waals surface area contributed by atoms with Gasteiger partial charge in [-0.1, -0.05) is 0 Å². The maximum atomic E-state index is 10.6. The Labute approximate surface area is 90.0 Å². The topological polar surface area (TPSA) is 66.3 Å². The van der Waals surface area contributed by atoms with E-state index >= 15 is 0 Å². The summed E-state index contributed by atoms with van der Waals surface area (Å²) >= 11 is 1.51. The highest BCUT2D eigenvalue weighted by Gasteiger charge is 2.11. The van der Waals surface area contributed by atoms with Crippen molar-refractivity contribution in [2.75, 3.05) is 18.5 Å². The number of carbonyl (C=O) groups is 1. The van der Waals surface area contributed by atoms with Crippen LogP contribution in [0.5, 0.6) is 0 Å². The molecule has 78 valence electrons. The zero-order valence-electron chi connectivity index (χ0n) is 8.04. The van der Waals surface area contributed by atoms with E-state index < -0.39 is 5.97 Å². The maximum absolute atomic E-state index is 10.6. The first kappa shape index (κ1) is 9.85. The molecule has 0 amide bonds. The summed E-state index contributed by atoms with van der Waals surface area (Å²) in [5.74, 6) is -0.210. The Morgan fingerprint density at radius 1 is 1.60 bits per heavy atom. The molecule has 0 spiro atoms. The van der Waals surface area contributed by atoms with Crippen molar-refractivity contribution in [1.29, 1.82) is 0 Å². The van der Waals surface area contributed by atoms with Gasteiger partial charge in [-0.15, -0.1) is 11.3 Å². The van der Waals surface area contributed by atoms with Crippen LogP contribution in [0.3, 0.4) is 0 Å². The second-order valence-corrected chi connectivity index (χ2v) is 4.00. The van der Waals surface area contributed by atoms with E-state index in [-0.39, 0.29) is 6.54 Å². The summed E-state index contributed by atoms with van der Waals surface area (Å²) in [7, 11) is 1.70. The zero-order valence-corrected chi connectivity index (χ0v) is 8.86. The third-order valence-corrected chi connectivity index (χ3v) is 2.86. The number of hydrogen-bond acceptors (Lipinski definition) is 5. The molecule has 15 heavy (non-hydrogen) atoms. The lowest BCUT2D eigenvalue weighted by Crippen LogP contribution is -2.25. The highest BCUT2D eigenvalue weighted by atomic mass is 32.1. The molecule has 0 aromatic carbocycles. The lowest BCUT2D eigenvalue weighted by molar-refractivity contribution is -0.135. The monoisotopic (exact) mass is 223 g/mol. The molecule has 0 aliphatic heterocycles. The number of rotatable bonds is 3. The number of thiophene rings is 1. The molecule has 0 radical (unpaired) electrons. The van der Waals surface area contributed by atoms with Gasteiger partial charge in [0.2, 0.25) is 0 Å². The Morgan fingerprint density at radius 2 is 2.40 bits per heavy atom. The highest BCUT2D eigenvalue weighted by molar-refractivity contribution is 7.17. The van der Waals surface area contributed by atoms with E-state index in [0.717, 1.165) is 10.2 Å². The minimum Gasteiger partial charge on any atom is -0.480 e. The number of fused-ring (bicyclic) bond motifs is 1. The van der Waals surface area contributed by atoms with Crippen LogP contribution in [0, 0.1) is 0 Å². The smallest absolute Gasteiger partial charge is 0.323 e. The van der Waals surface area contributed by atoms with Crippen LogP contribution < -0.4 is 4.90 Å². The first-order chi connectivity index (χ1) is 7.18. The van der Waals surface area contributed by atoms with Crippen molar-refractivity contribution in [2.45, 2.75) is 0 Å². The second kappa shape index (κ2) is 3.82. The molecule has 2 heterocycles. The molecular formula is C9H9N3O2S. The summed E-state index contributed by atoms with van der Waals surface area (Å²) in [5.41, 5.74) is 0.849. The van der Waals surface area contributed by atoms with Crippen molar-refractivity contribution >= 4 is 33.3 Å². The minimum absolute atomic E-state index is 0.0655.